The van der Waals surface area contributed by atoms with Crippen molar-refractivity contribution in [2.75, 3.05) is 31.1 Å². The van der Waals surface area contributed by atoms with Gasteiger partial charge in [0.2, 0.25) is 0 Å². The van der Waals surface area contributed by atoms with E-state index in [0.717, 1.165) is 11.6 Å². The summed E-state index contributed by atoms with van der Waals surface area (Å²) >= 11 is 0. The first-order chi connectivity index (χ1) is 12.0. The van der Waals surface area contributed by atoms with Gasteiger partial charge in [-0.3, -0.25) is 0 Å². The first-order valence-electron chi connectivity index (χ1n) is 7.93. The van der Waals surface area contributed by atoms with E-state index in [2.05, 4.69) is 0 Å². The third kappa shape index (κ3) is 3.99. The molecule has 132 valence electrons. The second kappa shape index (κ2) is 7.38. The summed E-state index contributed by atoms with van der Waals surface area (Å²) in [4.78, 5) is 13.9. The number of amides is 1. The highest BCUT2D eigenvalue weighted by Gasteiger charge is 2.23. The van der Waals surface area contributed by atoms with Gasteiger partial charge >= 0.3 is 6.09 Å². The molecule has 0 aromatic heterocycles. The minimum Gasteiger partial charge on any atom is -0.486 e. The standard InChI is InChI=1S/C18H18F2N2O3/c19-14-10-15(20)17(25-12-13-4-2-1-3-5-13)11-16(14)21-6-8-22(9-7-21)18(23)24/h1-5,10-11H,6-9,12H2,(H,23,24). The van der Waals surface area contributed by atoms with Crippen molar-refractivity contribution < 1.29 is 23.4 Å². The van der Waals surface area contributed by atoms with Crippen LogP contribution >= 0.6 is 0 Å². The lowest BCUT2D eigenvalue weighted by Gasteiger charge is -2.34. The van der Waals surface area contributed by atoms with Gasteiger partial charge in [-0.1, -0.05) is 30.3 Å². The Labute approximate surface area is 144 Å². The Bertz CT molecular complexity index is 747. The summed E-state index contributed by atoms with van der Waals surface area (Å²) in [6, 6.07) is 11.4. The molecule has 0 unspecified atom stereocenters. The lowest BCUT2D eigenvalue weighted by Crippen LogP contribution is -2.48. The Morgan fingerprint density at radius 2 is 1.72 bits per heavy atom. The molecule has 0 aliphatic carbocycles. The van der Waals surface area contributed by atoms with Crippen LogP contribution in [-0.4, -0.2) is 42.3 Å². The molecule has 0 atom stereocenters. The number of halogens is 2. The van der Waals surface area contributed by atoms with Crippen LogP contribution in [0.25, 0.3) is 0 Å². The Hall–Kier alpha value is -2.83. The Balaban J connectivity index is 1.73. The predicted molar refractivity (Wildman–Crippen MR) is 88.9 cm³/mol. The molecule has 0 spiro atoms. The summed E-state index contributed by atoms with van der Waals surface area (Å²) in [6.45, 7) is 1.40. The molecule has 1 fully saturated rings. The molecule has 0 bridgehead atoms. The van der Waals surface area contributed by atoms with E-state index in [-0.39, 0.29) is 31.1 Å². The van der Waals surface area contributed by atoms with Crippen molar-refractivity contribution in [2.45, 2.75) is 6.61 Å². The van der Waals surface area contributed by atoms with Crippen molar-refractivity contribution in [1.82, 2.24) is 4.90 Å². The number of anilines is 1. The third-order valence-electron chi connectivity index (χ3n) is 4.13. The maximum absolute atomic E-state index is 14.2. The maximum Gasteiger partial charge on any atom is 0.407 e. The second-order valence-electron chi connectivity index (χ2n) is 5.76. The first-order valence-corrected chi connectivity index (χ1v) is 7.93. The molecule has 2 aromatic carbocycles. The summed E-state index contributed by atoms with van der Waals surface area (Å²) in [5, 5.41) is 8.97. The van der Waals surface area contributed by atoms with Crippen LogP contribution in [0.4, 0.5) is 19.3 Å². The molecule has 0 radical (unpaired) electrons. The van der Waals surface area contributed by atoms with Crippen LogP contribution in [-0.2, 0) is 6.61 Å². The van der Waals surface area contributed by atoms with E-state index in [1.165, 1.54) is 11.0 Å². The van der Waals surface area contributed by atoms with E-state index in [9.17, 15) is 13.6 Å². The number of nitrogens with zero attached hydrogens (tertiary/aromatic N) is 2. The topological polar surface area (TPSA) is 53.0 Å². The lowest BCUT2D eigenvalue weighted by molar-refractivity contribution is 0.142. The van der Waals surface area contributed by atoms with Crippen LogP contribution < -0.4 is 9.64 Å². The molecular formula is C18H18F2N2O3. The van der Waals surface area contributed by atoms with E-state index in [0.29, 0.717) is 13.1 Å². The van der Waals surface area contributed by atoms with Crippen LogP contribution in [0.15, 0.2) is 42.5 Å². The average Bonchev–Trinajstić information content (AvgIpc) is 2.62. The van der Waals surface area contributed by atoms with Crippen molar-refractivity contribution in [1.29, 1.82) is 0 Å². The van der Waals surface area contributed by atoms with Crippen LogP contribution in [0.2, 0.25) is 0 Å². The van der Waals surface area contributed by atoms with Crippen LogP contribution in [0.5, 0.6) is 5.75 Å². The van der Waals surface area contributed by atoms with E-state index in [1.807, 2.05) is 30.3 Å². The molecule has 7 heteroatoms. The Morgan fingerprint density at radius 1 is 1.04 bits per heavy atom. The zero-order chi connectivity index (χ0) is 17.8. The third-order valence-corrected chi connectivity index (χ3v) is 4.13. The highest BCUT2D eigenvalue weighted by molar-refractivity contribution is 5.65. The number of benzene rings is 2. The van der Waals surface area contributed by atoms with E-state index >= 15 is 0 Å². The number of piperazine rings is 1. The van der Waals surface area contributed by atoms with Gasteiger partial charge in [0.1, 0.15) is 12.4 Å². The van der Waals surface area contributed by atoms with E-state index < -0.39 is 17.7 Å². The zero-order valence-corrected chi connectivity index (χ0v) is 13.5. The van der Waals surface area contributed by atoms with Crippen LogP contribution in [0.3, 0.4) is 0 Å². The molecule has 1 saturated heterocycles. The Kier molecular flexibility index (Phi) is 5.02. The number of rotatable bonds is 4. The number of hydrogen-bond acceptors (Lipinski definition) is 3. The van der Waals surface area contributed by atoms with Crippen molar-refractivity contribution in [3.63, 3.8) is 0 Å². The summed E-state index contributed by atoms with van der Waals surface area (Å²) in [5.74, 6) is -1.48. The lowest BCUT2D eigenvalue weighted by atomic mass is 10.2. The summed E-state index contributed by atoms with van der Waals surface area (Å²) in [5.41, 5.74) is 1.09. The smallest absolute Gasteiger partial charge is 0.407 e. The average molecular weight is 348 g/mol. The molecular weight excluding hydrogens is 330 g/mol. The second-order valence-corrected chi connectivity index (χ2v) is 5.76. The van der Waals surface area contributed by atoms with Gasteiger partial charge in [-0.15, -0.1) is 0 Å². The molecule has 1 N–H and O–H groups in total. The van der Waals surface area contributed by atoms with E-state index in [1.54, 1.807) is 4.90 Å². The van der Waals surface area contributed by atoms with Gasteiger partial charge in [0.05, 0.1) is 5.69 Å². The molecule has 2 aromatic rings. The minimum absolute atomic E-state index is 0.0269. The van der Waals surface area contributed by atoms with E-state index in [4.69, 9.17) is 9.84 Å². The minimum atomic E-state index is -0.994. The molecule has 3 rings (SSSR count). The van der Waals surface area contributed by atoms with Crippen LogP contribution in [0, 0.1) is 11.6 Å². The van der Waals surface area contributed by atoms with Gasteiger partial charge in [0.15, 0.2) is 11.6 Å². The van der Waals surface area contributed by atoms with Crippen LogP contribution in [0.1, 0.15) is 5.56 Å². The highest BCUT2D eigenvalue weighted by atomic mass is 19.1. The molecule has 5 nitrogen and oxygen atoms in total. The van der Waals surface area contributed by atoms with Gasteiger partial charge in [-0.25, -0.2) is 13.6 Å². The normalized spacial score (nSPS) is 14.5. The van der Waals surface area contributed by atoms with Gasteiger partial charge in [-0.2, -0.15) is 0 Å². The van der Waals surface area contributed by atoms with Gasteiger partial charge in [0, 0.05) is 38.3 Å². The highest BCUT2D eigenvalue weighted by Crippen LogP contribution is 2.29. The monoisotopic (exact) mass is 348 g/mol. The van der Waals surface area contributed by atoms with Crippen molar-refractivity contribution in [2.24, 2.45) is 0 Å². The van der Waals surface area contributed by atoms with Gasteiger partial charge in [-0.05, 0) is 5.56 Å². The molecule has 1 heterocycles. The van der Waals surface area contributed by atoms with Gasteiger partial charge < -0.3 is 19.6 Å². The summed E-state index contributed by atoms with van der Waals surface area (Å²) in [6.07, 6.45) is -0.994. The SMILES string of the molecule is O=C(O)N1CCN(c2cc(OCc3ccccc3)c(F)cc2F)CC1. The fourth-order valence-electron chi connectivity index (χ4n) is 2.75. The Morgan fingerprint density at radius 3 is 2.36 bits per heavy atom. The van der Waals surface area contributed by atoms with Crippen molar-refractivity contribution in [3.05, 3.63) is 59.7 Å². The molecule has 1 aliphatic heterocycles. The molecule has 0 saturated carbocycles. The fourth-order valence-corrected chi connectivity index (χ4v) is 2.75. The first kappa shape index (κ1) is 17.0. The predicted octanol–water partition coefficient (Wildman–Crippen LogP) is 3.34. The zero-order valence-electron chi connectivity index (χ0n) is 13.5. The number of carboxylic acid groups (broad SMARTS) is 1. The number of carbonyl (C=O) groups is 1. The molecule has 1 aliphatic rings. The summed E-state index contributed by atoms with van der Waals surface area (Å²) < 4.78 is 33.7. The fraction of sp³-hybridized carbons (Fsp3) is 0.278. The molecule has 1 amide bonds. The van der Waals surface area contributed by atoms with Gasteiger partial charge in [0.25, 0.3) is 0 Å². The maximum atomic E-state index is 14.2. The quantitative estimate of drug-likeness (QED) is 0.921. The van der Waals surface area contributed by atoms with Crippen molar-refractivity contribution >= 4 is 11.8 Å². The number of ether oxygens (including phenoxy) is 1. The largest absolute Gasteiger partial charge is 0.486 e. The summed E-state index contributed by atoms with van der Waals surface area (Å²) in [7, 11) is 0. The van der Waals surface area contributed by atoms with Crippen molar-refractivity contribution in [3.8, 4) is 5.75 Å². The molecule has 25 heavy (non-hydrogen) atoms. The number of hydrogen-bond donors (Lipinski definition) is 1.